The van der Waals surface area contributed by atoms with Gasteiger partial charge in [-0.2, -0.15) is 0 Å². The van der Waals surface area contributed by atoms with Crippen molar-refractivity contribution in [1.82, 2.24) is 20.9 Å². The predicted molar refractivity (Wildman–Crippen MR) is 164 cm³/mol. The van der Waals surface area contributed by atoms with E-state index in [2.05, 4.69) is 16.0 Å². The first-order valence-electron chi connectivity index (χ1n) is 14.4. The minimum Gasteiger partial charge on any atom is -0.483 e. The number of hydrogen-bond donors (Lipinski definition) is 3. The lowest BCUT2D eigenvalue weighted by Crippen LogP contribution is -2.59. The summed E-state index contributed by atoms with van der Waals surface area (Å²) in [4.78, 5) is 43.3. The number of likely N-dealkylation sites (N-methyl/N-ethyl adjacent to an activating group) is 1. The van der Waals surface area contributed by atoms with Crippen LogP contribution in [0.25, 0.3) is 6.08 Å². The van der Waals surface area contributed by atoms with Gasteiger partial charge in [-0.25, -0.2) is 0 Å². The fraction of sp³-hybridized carbons (Fsp3) is 0.324. The zero-order valence-corrected chi connectivity index (χ0v) is 24.6. The molecule has 0 aliphatic carbocycles. The minimum absolute atomic E-state index is 0.0357. The first-order valence-corrected chi connectivity index (χ1v) is 14.4. The number of nitrogens with one attached hydrogen (secondary N) is 3. The third-order valence-electron chi connectivity index (χ3n) is 7.58. The molecule has 8 heteroatoms. The summed E-state index contributed by atoms with van der Waals surface area (Å²) in [5.41, 5.74) is 2.47. The number of carbonyl (C=O) groups excluding carboxylic acids is 3. The first-order chi connectivity index (χ1) is 20.3. The molecule has 3 N–H and O–H groups in total. The van der Waals surface area contributed by atoms with Crippen LogP contribution in [-0.2, 0) is 20.8 Å². The van der Waals surface area contributed by atoms with E-state index in [1.165, 1.54) is 0 Å². The normalized spacial score (nSPS) is 20.5. The van der Waals surface area contributed by atoms with E-state index >= 15 is 0 Å². The van der Waals surface area contributed by atoms with Crippen LogP contribution < -0.4 is 20.7 Å². The second-order valence-corrected chi connectivity index (χ2v) is 10.9. The molecule has 2 aliphatic heterocycles. The number of carbonyl (C=O) groups is 3. The van der Waals surface area contributed by atoms with Crippen molar-refractivity contribution in [2.45, 2.75) is 50.9 Å². The lowest BCUT2D eigenvalue weighted by Gasteiger charge is -2.33. The summed E-state index contributed by atoms with van der Waals surface area (Å²) in [6, 6.07) is 23.7. The number of ether oxygens (including phenoxy) is 1. The molecule has 0 fully saturated rings. The van der Waals surface area contributed by atoms with Crippen LogP contribution in [0.3, 0.4) is 0 Å². The smallest absolute Gasteiger partial charge is 0.247 e. The number of amides is 3. The molecule has 3 amide bonds. The molecular weight excluding hydrogens is 528 g/mol. The second-order valence-electron chi connectivity index (χ2n) is 10.9. The van der Waals surface area contributed by atoms with Gasteiger partial charge >= 0.3 is 0 Å². The Bertz CT molecular complexity index is 1360. The molecule has 220 valence electrons. The third-order valence-corrected chi connectivity index (χ3v) is 7.58. The molecule has 2 heterocycles. The maximum absolute atomic E-state index is 14.2. The molecule has 8 nitrogen and oxygen atoms in total. The molecule has 0 radical (unpaired) electrons. The van der Waals surface area contributed by atoms with E-state index in [1.807, 2.05) is 106 Å². The average molecular weight is 569 g/mol. The van der Waals surface area contributed by atoms with Crippen LogP contribution in [0, 0.1) is 5.92 Å². The molecule has 5 rings (SSSR count). The van der Waals surface area contributed by atoms with Crippen LogP contribution in [0.15, 0.2) is 91.1 Å². The third kappa shape index (κ3) is 7.85. The highest BCUT2D eigenvalue weighted by Crippen LogP contribution is 2.27. The Labute approximate surface area is 248 Å². The topological polar surface area (TPSA) is 99.8 Å². The Morgan fingerprint density at radius 1 is 0.929 bits per heavy atom. The van der Waals surface area contributed by atoms with Crippen LogP contribution in [0.1, 0.15) is 43.1 Å². The van der Waals surface area contributed by atoms with Crippen LogP contribution in [0.5, 0.6) is 5.75 Å². The van der Waals surface area contributed by atoms with Gasteiger partial charge in [0.05, 0.1) is 6.04 Å². The SMILES string of the molecule is CCC(C)C(C(=O)NC1C(=O)NC(Cc2ccccc2)C(=O)NC=Cc2ccc(cc2)OC1c1ccccc1)N(C)C. The van der Waals surface area contributed by atoms with Gasteiger partial charge in [0.2, 0.25) is 17.7 Å². The van der Waals surface area contributed by atoms with Gasteiger partial charge in [-0.15, -0.1) is 0 Å². The summed E-state index contributed by atoms with van der Waals surface area (Å²) in [6.45, 7) is 4.04. The molecule has 0 saturated heterocycles. The van der Waals surface area contributed by atoms with Crippen molar-refractivity contribution in [3.05, 3.63) is 108 Å². The Morgan fingerprint density at radius 2 is 1.57 bits per heavy atom. The van der Waals surface area contributed by atoms with E-state index in [0.29, 0.717) is 11.3 Å². The summed E-state index contributed by atoms with van der Waals surface area (Å²) in [7, 11) is 3.70. The van der Waals surface area contributed by atoms with Gasteiger partial charge < -0.3 is 20.7 Å². The highest BCUT2D eigenvalue weighted by molar-refractivity contribution is 5.94. The molecule has 5 atom stereocenters. The van der Waals surface area contributed by atoms with Crippen LogP contribution in [0.2, 0.25) is 0 Å². The van der Waals surface area contributed by atoms with E-state index in [4.69, 9.17) is 4.74 Å². The van der Waals surface area contributed by atoms with E-state index in [0.717, 1.165) is 17.5 Å². The summed E-state index contributed by atoms with van der Waals surface area (Å²) < 4.78 is 6.48. The molecule has 0 spiro atoms. The lowest BCUT2D eigenvalue weighted by molar-refractivity contribution is -0.136. The highest BCUT2D eigenvalue weighted by atomic mass is 16.5. The van der Waals surface area contributed by atoms with Crippen molar-refractivity contribution >= 4 is 23.8 Å². The van der Waals surface area contributed by atoms with E-state index in [-0.39, 0.29) is 24.2 Å². The van der Waals surface area contributed by atoms with Crippen LogP contribution in [-0.4, -0.2) is 54.8 Å². The minimum atomic E-state index is -1.14. The van der Waals surface area contributed by atoms with Crippen LogP contribution >= 0.6 is 0 Å². The Kier molecular flexibility index (Phi) is 10.5. The number of nitrogens with zero attached hydrogens (tertiary/aromatic N) is 1. The van der Waals surface area contributed by atoms with Crippen LogP contribution in [0.4, 0.5) is 0 Å². The molecule has 0 saturated carbocycles. The second kappa shape index (κ2) is 14.5. The van der Waals surface area contributed by atoms with Crippen molar-refractivity contribution in [2.24, 2.45) is 5.92 Å². The summed E-state index contributed by atoms with van der Waals surface area (Å²) >= 11 is 0. The summed E-state index contributed by atoms with van der Waals surface area (Å²) in [5, 5.41) is 8.76. The predicted octanol–water partition coefficient (Wildman–Crippen LogP) is 4.10. The molecular formula is C34H40N4O4. The van der Waals surface area contributed by atoms with Gasteiger partial charge in [0.25, 0.3) is 0 Å². The quantitative estimate of drug-likeness (QED) is 0.380. The highest BCUT2D eigenvalue weighted by Gasteiger charge is 2.38. The zero-order valence-electron chi connectivity index (χ0n) is 24.6. The van der Waals surface area contributed by atoms with Gasteiger partial charge in [-0.3, -0.25) is 19.3 Å². The zero-order chi connectivity index (χ0) is 30.1. The molecule has 3 aromatic carbocycles. The van der Waals surface area contributed by atoms with Crippen molar-refractivity contribution in [3.63, 3.8) is 0 Å². The monoisotopic (exact) mass is 568 g/mol. The van der Waals surface area contributed by atoms with Crippen molar-refractivity contribution in [2.75, 3.05) is 14.1 Å². The van der Waals surface area contributed by atoms with Gasteiger partial charge in [0.15, 0.2) is 6.10 Å². The molecule has 2 bridgehead atoms. The molecule has 3 aromatic rings. The van der Waals surface area contributed by atoms with Gasteiger partial charge in [0.1, 0.15) is 17.8 Å². The molecule has 5 unspecified atom stereocenters. The number of benzene rings is 3. The molecule has 42 heavy (non-hydrogen) atoms. The first kappa shape index (κ1) is 30.5. The Hall–Kier alpha value is -4.43. The Balaban J connectivity index is 1.79. The van der Waals surface area contributed by atoms with E-state index in [9.17, 15) is 14.4 Å². The number of hydrogen-bond acceptors (Lipinski definition) is 5. The maximum atomic E-state index is 14.2. The lowest BCUT2D eigenvalue weighted by atomic mass is 9.95. The summed E-state index contributed by atoms with van der Waals surface area (Å²) in [6.07, 6.45) is 3.52. The standard InChI is InChI=1S/C34H40N4O4/c1-5-23(2)30(38(3)4)34(41)37-29-31(26-14-10-7-11-15-26)42-27-18-16-24(17-19-27)20-21-35-32(39)28(36-33(29)40)22-25-12-8-6-9-13-25/h6-21,23,28-31H,5,22H2,1-4H3,(H,35,39)(H,36,40)(H,37,41). The van der Waals surface area contributed by atoms with Crippen molar-refractivity contribution in [1.29, 1.82) is 0 Å². The van der Waals surface area contributed by atoms with Gasteiger partial charge in [-0.05, 0) is 54.9 Å². The van der Waals surface area contributed by atoms with Gasteiger partial charge in [-0.1, -0.05) is 93.1 Å². The summed E-state index contributed by atoms with van der Waals surface area (Å²) in [5.74, 6) is -0.602. The van der Waals surface area contributed by atoms with E-state index < -0.39 is 30.1 Å². The van der Waals surface area contributed by atoms with E-state index in [1.54, 1.807) is 24.4 Å². The molecule has 0 aromatic heterocycles. The average Bonchev–Trinajstić information content (AvgIpc) is 2.99. The maximum Gasteiger partial charge on any atom is 0.247 e. The van der Waals surface area contributed by atoms with Gasteiger partial charge in [0, 0.05) is 12.6 Å². The number of rotatable bonds is 8. The Morgan fingerprint density at radius 3 is 2.19 bits per heavy atom. The fourth-order valence-corrected chi connectivity index (χ4v) is 5.16. The van der Waals surface area contributed by atoms with Crippen molar-refractivity contribution in [3.8, 4) is 5.75 Å². The molecule has 2 aliphatic rings. The largest absolute Gasteiger partial charge is 0.483 e. The number of fused-ring (bicyclic) bond motifs is 10. The fourth-order valence-electron chi connectivity index (χ4n) is 5.16. The van der Waals surface area contributed by atoms with Crippen molar-refractivity contribution < 1.29 is 19.1 Å².